The number of nitrogens with zero attached hydrogens (tertiary/aromatic N) is 3. The first-order valence-electron chi connectivity index (χ1n) is 8.39. The topological polar surface area (TPSA) is 79.4 Å². The molecule has 4 rings (SSSR count). The normalized spacial score (nSPS) is 15.7. The predicted molar refractivity (Wildman–Crippen MR) is 88.6 cm³/mol. The predicted octanol–water partition coefficient (Wildman–Crippen LogP) is 2.72. The zero-order valence-electron chi connectivity index (χ0n) is 13.3. The Morgan fingerprint density at radius 1 is 1.35 bits per heavy atom. The van der Waals surface area contributed by atoms with Crippen molar-refractivity contribution < 1.29 is 0 Å². The van der Waals surface area contributed by atoms with E-state index in [2.05, 4.69) is 9.97 Å². The molecule has 0 atom stereocenters. The van der Waals surface area contributed by atoms with Crippen molar-refractivity contribution in [3.63, 3.8) is 0 Å². The van der Waals surface area contributed by atoms with Crippen LogP contribution in [0.15, 0.2) is 23.1 Å². The highest BCUT2D eigenvalue weighted by atomic mass is 16.1. The fourth-order valence-corrected chi connectivity index (χ4v) is 3.55. The molecule has 0 radical (unpaired) electrons. The lowest BCUT2D eigenvalue weighted by atomic mass is 10.2. The van der Waals surface area contributed by atoms with Gasteiger partial charge in [0.2, 0.25) is 0 Å². The highest BCUT2D eigenvalue weighted by Crippen LogP contribution is 2.31. The number of rotatable bonds is 4. The lowest BCUT2D eigenvalue weighted by Crippen LogP contribution is -2.14. The summed E-state index contributed by atoms with van der Waals surface area (Å²) in [5, 5.41) is 5.38. The van der Waals surface area contributed by atoms with Crippen molar-refractivity contribution in [3.8, 4) is 0 Å². The van der Waals surface area contributed by atoms with Crippen LogP contribution in [0.3, 0.4) is 0 Å². The van der Waals surface area contributed by atoms with Crippen LogP contribution in [0.25, 0.3) is 11.0 Å². The molecular formula is C17H21N5O. The molecule has 23 heavy (non-hydrogen) atoms. The number of H-pyrrole nitrogens is 2. The molecule has 1 aliphatic carbocycles. The van der Waals surface area contributed by atoms with Crippen LogP contribution in [0.1, 0.15) is 55.9 Å². The summed E-state index contributed by atoms with van der Waals surface area (Å²) in [5.74, 6) is 0.687. The van der Waals surface area contributed by atoms with Gasteiger partial charge in [0.25, 0.3) is 5.56 Å². The van der Waals surface area contributed by atoms with E-state index in [4.69, 9.17) is 10.1 Å². The Morgan fingerprint density at radius 2 is 2.17 bits per heavy atom. The molecular weight excluding hydrogens is 290 g/mol. The molecule has 120 valence electrons. The third-order valence-corrected chi connectivity index (χ3v) is 4.71. The highest BCUT2D eigenvalue weighted by Gasteiger charge is 2.24. The molecule has 3 aromatic heterocycles. The first kappa shape index (κ1) is 14.2. The highest BCUT2D eigenvalue weighted by molar-refractivity contribution is 5.77. The van der Waals surface area contributed by atoms with E-state index in [1.807, 2.05) is 29.9 Å². The first-order valence-corrected chi connectivity index (χ1v) is 8.39. The summed E-state index contributed by atoms with van der Waals surface area (Å²) in [6.07, 6.45) is 7.93. The van der Waals surface area contributed by atoms with Crippen molar-refractivity contribution in [3.05, 3.63) is 45.9 Å². The third kappa shape index (κ3) is 2.48. The standard InChI is InChI=1S/C17H21N5O/c1-2-13-15-16(22(21-13)12-7-3-4-8-12)19-14(20-17(15)23)10-11-6-5-9-18-11/h5-6,9,12,18H,2-4,7-8,10H2,1H3,(H,19,20,23). The summed E-state index contributed by atoms with van der Waals surface area (Å²) in [5.41, 5.74) is 2.57. The van der Waals surface area contributed by atoms with Gasteiger partial charge in [0.1, 0.15) is 11.2 Å². The van der Waals surface area contributed by atoms with Crippen LogP contribution in [-0.2, 0) is 12.8 Å². The molecule has 6 nitrogen and oxygen atoms in total. The number of hydrogen-bond acceptors (Lipinski definition) is 3. The molecule has 0 spiro atoms. The SMILES string of the molecule is CCc1nn(C2CCCC2)c2nc(Cc3ccc[nH]3)[nH]c(=O)c12. The fraction of sp³-hybridized carbons (Fsp3) is 0.471. The number of nitrogens with one attached hydrogen (secondary N) is 2. The maximum atomic E-state index is 12.6. The van der Waals surface area contributed by atoms with Crippen molar-refractivity contribution in [2.45, 2.75) is 51.5 Å². The van der Waals surface area contributed by atoms with Crippen LogP contribution >= 0.6 is 0 Å². The van der Waals surface area contributed by atoms with Crippen molar-refractivity contribution >= 4 is 11.0 Å². The minimum Gasteiger partial charge on any atom is -0.365 e. The largest absolute Gasteiger partial charge is 0.365 e. The van der Waals surface area contributed by atoms with Gasteiger partial charge in [-0.1, -0.05) is 19.8 Å². The molecule has 1 fully saturated rings. The molecule has 0 bridgehead atoms. The Morgan fingerprint density at radius 3 is 2.87 bits per heavy atom. The van der Waals surface area contributed by atoms with Gasteiger partial charge in [-0.25, -0.2) is 9.67 Å². The molecule has 6 heteroatoms. The van der Waals surface area contributed by atoms with E-state index in [9.17, 15) is 4.79 Å². The van der Waals surface area contributed by atoms with Crippen LogP contribution < -0.4 is 5.56 Å². The summed E-state index contributed by atoms with van der Waals surface area (Å²) >= 11 is 0. The lowest BCUT2D eigenvalue weighted by Gasteiger charge is -2.10. The average Bonchev–Trinajstić information content (AvgIpc) is 3.27. The molecule has 0 saturated heterocycles. The zero-order chi connectivity index (χ0) is 15.8. The van der Waals surface area contributed by atoms with Crippen LogP contribution in [0.5, 0.6) is 0 Å². The maximum absolute atomic E-state index is 12.6. The maximum Gasteiger partial charge on any atom is 0.262 e. The number of fused-ring (bicyclic) bond motifs is 1. The van der Waals surface area contributed by atoms with Crippen molar-refractivity contribution in [1.29, 1.82) is 0 Å². The van der Waals surface area contributed by atoms with E-state index in [1.165, 1.54) is 12.8 Å². The minimum atomic E-state index is -0.0716. The van der Waals surface area contributed by atoms with Gasteiger partial charge >= 0.3 is 0 Å². The fourth-order valence-electron chi connectivity index (χ4n) is 3.55. The minimum absolute atomic E-state index is 0.0716. The first-order chi connectivity index (χ1) is 11.3. The second-order valence-corrected chi connectivity index (χ2v) is 6.27. The van der Waals surface area contributed by atoms with Gasteiger partial charge in [0.05, 0.1) is 11.7 Å². The van der Waals surface area contributed by atoms with E-state index < -0.39 is 0 Å². The number of aromatic amines is 2. The Hall–Kier alpha value is -2.37. The summed E-state index contributed by atoms with van der Waals surface area (Å²) in [6.45, 7) is 2.03. The van der Waals surface area contributed by atoms with Crippen LogP contribution in [-0.4, -0.2) is 24.7 Å². The van der Waals surface area contributed by atoms with Gasteiger partial charge in [-0.05, 0) is 31.4 Å². The Balaban J connectivity index is 1.85. The third-order valence-electron chi connectivity index (χ3n) is 4.71. The van der Waals surface area contributed by atoms with Crippen LogP contribution in [0.4, 0.5) is 0 Å². The van der Waals surface area contributed by atoms with Crippen molar-refractivity contribution in [2.75, 3.05) is 0 Å². The number of hydrogen-bond donors (Lipinski definition) is 2. The molecule has 0 amide bonds. The molecule has 3 aromatic rings. The number of aromatic nitrogens is 5. The quantitative estimate of drug-likeness (QED) is 0.777. The van der Waals surface area contributed by atoms with Gasteiger partial charge in [-0.3, -0.25) is 4.79 Å². The second-order valence-electron chi connectivity index (χ2n) is 6.27. The van der Waals surface area contributed by atoms with E-state index in [0.29, 0.717) is 23.7 Å². The summed E-state index contributed by atoms with van der Waals surface area (Å²) in [7, 11) is 0. The lowest BCUT2D eigenvalue weighted by molar-refractivity contribution is 0.474. The molecule has 0 aromatic carbocycles. The van der Waals surface area contributed by atoms with Gasteiger partial charge in [-0.15, -0.1) is 0 Å². The Kier molecular flexibility index (Phi) is 3.52. The molecule has 0 unspecified atom stereocenters. The second kappa shape index (κ2) is 5.68. The van der Waals surface area contributed by atoms with E-state index >= 15 is 0 Å². The van der Waals surface area contributed by atoms with Gasteiger partial charge in [0, 0.05) is 18.3 Å². The Bertz CT molecular complexity index is 868. The molecule has 1 saturated carbocycles. The van der Waals surface area contributed by atoms with Crippen molar-refractivity contribution in [1.82, 2.24) is 24.7 Å². The Labute approximate surface area is 134 Å². The summed E-state index contributed by atoms with van der Waals surface area (Å²) < 4.78 is 2.01. The van der Waals surface area contributed by atoms with Gasteiger partial charge in [0.15, 0.2) is 5.65 Å². The molecule has 3 heterocycles. The zero-order valence-corrected chi connectivity index (χ0v) is 13.3. The van der Waals surface area contributed by atoms with E-state index in [1.54, 1.807) is 0 Å². The average molecular weight is 311 g/mol. The molecule has 1 aliphatic rings. The smallest absolute Gasteiger partial charge is 0.262 e. The van der Waals surface area contributed by atoms with Crippen molar-refractivity contribution in [2.24, 2.45) is 0 Å². The van der Waals surface area contributed by atoms with Crippen LogP contribution in [0, 0.1) is 0 Å². The van der Waals surface area contributed by atoms with E-state index in [-0.39, 0.29) is 5.56 Å². The summed E-state index contributed by atoms with van der Waals surface area (Å²) in [4.78, 5) is 23.4. The molecule has 2 N–H and O–H groups in total. The van der Waals surface area contributed by atoms with Gasteiger partial charge < -0.3 is 9.97 Å². The molecule has 0 aliphatic heterocycles. The summed E-state index contributed by atoms with van der Waals surface area (Å²) in [6, 6.07) is 4.32. The van der Waals surface area contributed by atoms with E-state index in [0.717, 1.165) is 36.3 Å². The van der Waals surface area contributed by atoms with Gasteiger partial charge in [-0.2, -0.15) is 5.10 Å². The number of aryl methyl sites for hydroxylation is 1. The van der Waals surface area contributed by atoms with Crippen LogP contribution in [0.2, 0.25) is 0 Å². The monoisotopic (exact) mass is 311 g/mol.